The van der Waals surface area contributed by atoms with E-state index in [9.17, 15) is 4.79 Å². The maximum absolute atomic E-state index is 12.0. The Morgan fingerprint density at radius 1 is 1.39 bits per heavy atom. The Bertz CT molecular complexity index is 551. The fourth-order valence-electron chi connectivity index (χ4n) is 1.68. The third-order valence-corrected chi connectivity index (χ3v) is 2.98. The Morgan fingerprint density at radius 2 is 2.17 bits per heavy atom. The highest BCUT2D eigenvalue weighted by Crippen LogP contribution is 2.16. The molecule has 4 nitrogen and oxygen atoms in total. The van der Waals surface area contributed by atoms with Crippen LogP contribution < -0.4 is 5.73 Å². The van der Waals surface area contributed by atoms with Crippen molar-refractivity contribution in [2.45, 2.75) is 13.0 Å². The van der Waals surface area contributed by atoms with E-state index >= 15 is 0 Å². The van der Waals surface area contributed by atoms with E-state index < -0.39 is 0 Å². The van der Waals surface area contributed by atoms with Crippen LogP contribution in [0.1, 0.15) is 16.1 Å². The SMILES string of the molecule is NCCn1cnc(C(=O)Cc2ccccc2Cl)c1. The van der Waals surface area contributed by atoms with Crippen LogP contribution in [0.3, 0.4) is 0 Å². The van der Waals surface area contributed by atoms with Gasteiger partial charge in [0.05, 0.1) is 6.33 Å². The normalized spacial score (nSPS) is 10.6. The molecule has 0 unspecified atom stereocenters. The van der Waals surface area contributed by atoms with Crippen molar-refractivity contribution in [3.63, 3.8) is 0 Å². The number of carbonyl (C=O) groups is 1. The fraction of sp³-hybridized carbons (Fsp3) is 0.231. The van der Waals surface area contributed by atoms with Crippen molar-refractivity contribution in [2.75, 3.05) is 6.54 Å². The summed E-state index contributed by atoms with van der Waals surface area (Å²) in [5.74, 6) is -0.0427. The lowest BCUT2D eigenvalue weighted by Crippen LogP contribution is -2.08. The molecule has 94 valence electrons. The summed E-state index contributed by atoms with van der Waals surface area (Å²) < 4.78 is 1.81. The molecule has 2 rings (SSSR count). The average molecular weight is 264 g/mol. The summed E-state index contributed by atoms with van der Waals surface area (Å²) in [6, 6.07) is 7.32. The summed E-state index contributed by atoms with van der Waals surface area (Å²) in [5.41, 5.74) is 6.70. The van der Waals surface area contributed by atoms with Crippen molar-refractivity contribution in [2.24, 2.45) is 5.73 Å². The number of nitrogens with two attached hydrogens (primary N) is 1. The van der Waals surface area contributed by atoms with E-state index in [1.54, 1.807) is 23.2 Å². The molecule has 18 heavy (non-hydrogen) atoms. The second-order valence-electron chi connectivity index (χ2n) is 3.98. The number of ketones is 1. The monoisotopic (exact) mass is 263 g/mol. The standard InChI is InChI=1S/C13H14ClN3O/c14-11-4-2-1-3-10(11)7-13(18)12-8-17(6-5-15)9-16-12/h1-4,8-9H,5-7,15H2. The lowest BCUT2D eigenvalue weighted by Gasteiger charge is -2.01. The van der Waals surface area contributed by atoms with Crippen molar-refractivity contribution >= 4 is 17.4 Å². The van der Waals surface area contributed by atoms with E-state index in [1.807, 2.05) is 18.2 Å². The molecule has 1 aromatic carbocycles. The molecule has 0 amide bonds. The third-order valence-electron chi connectivity index (χ3n) is 2.62. The van der Waals surface area contributed by atoms with Gasteiger partial charge in [0, 0.05) is 30.7 Å². The predicted molar refractivity (Wildman–Crippen MR) is 70.8 cm³/mol. The molecular weight excluding hydrogens is 250 g/mol. The van der Waals surface area contributed by atoms with E-state index in [0.717, 1.165) is 5.56 Å². The molecule has 2 aromatic rings. The van der Waals surface area contributed by atoms with Gasteiger partial charge in [0.1, 0.15) is 5.69 Å². The number of Topliss-reactive ketones (excluding diaryl/α,β-unsaturated/α-hetero) is 1. The van der Waals surface area contributed by atoms with Crippen LogP contribution >= 0.6 is 11.6 Å². The number of hydrogen-bond donors (Lipinski definition) is 1. The molecule has 0 saturated carbocycles. The molecule has 0 spiro atoms. The van der Waals surface area contributed by atoms with Gasteiger partial charge < -0.3 is 10.3 Å². The van der Waals surface area contributed by atoms with Gasteiger partial charge in [-0.05, 0) is 11.6 Å². The van der Waals surface area contributed by atoms with Crippen molar-refractivity contribution in [1.29, 1.82) is 0 Å². The second-order valence-corrected chi connectivity index (χ2v) is 4.38. The number of rotatable bonds is 5. The highest BCUT2D eigenvalue weighted by Gasteiger charge is 2.11. The Kier molecular flexibility index (Phi) is 4.12. The van der Waals surface area contributed by atoms with Crippen LogP contribution in [0.25, 0.3) is 0 Å². The molecule has 0 aliphatic rings. The number of halogens is 1. The molecule has 0 radical (unpaired) electrons. The summed E-state index contributed by atoms with van der Waals surface area (Å²) in [6.07, 6.45) is 3.60. The van der Waals surface area contributed by atoms with Gasteiger partial charge in [-0.15, -0.1) is 0 Å². The third kappa shape index (κ3) is 2.97. The number of benzene rings is 1. The number of aromatic nitrogens is 2. The topological polar surface area (TPSA) is 60.9 Å². The van der Waals surface area contributed by atoms with Gasteiger partial charge in [-0.25, -0.2) is 4.98 Å². The maximum atomic E-state index is 12.0. The van der Waals surface area contributed by atoms with E-state index in [1.165, 1.54) is 0 Å². The van der Waals surface area contributed by atoms with Crippen LogP contribution in [0.15, 0.2) is 36.8 Å². The van der Waals surface area contributed by atoms with Crippen LogP contribution in [0.5, 0.6) is 0 Å². The first kappa shape index (κ1) is 12.8. The lowest BCUT2D eigenvalue weighted by molar-refractivity contribution is 0.0988. The molecule has 0 bridgehead atoms. The largest absolute Gasteiger partial charge is 0.335 e. The fourth-order valence-corrected chi connectivity index (χ4v) is 1.88. The average Bonchev–Trinajstić information content (AvgIpc) is 2.81. The van der Waals surface area contributed by atoms with E-state index in [0.29, 0.717) is 23.8 Å². The van der Waals surface area contributed by atoms with E-state index in [2.05, 4.69) is 4.98 Å². The molecule has 1 heterocycles. The van der Waals surface area contributed by atoms with Crippen molar-refractivity contribution < 1.29 is 4.79 Å². The zero-order chi connectivity index (χ0) is 13.0. The predicted octanol–water partition coefficient (Wildman–Crippen LogP) is 1.92. The molecule has 2 N–H and O–H groups in total. The molecule has 0 fully saturated rings. The van der Waals surface area contributed by atoms with Gasteiger partial charge in [-0.3, -0.25) is 4.79 Å². The molecule has 0 aliphatic carbocycles. The van der Waals surface area contributed by atoms with Crippen LogP contribution in [-0.2, 0) is 13.0 Å². The maximum Gasteiger partial charge on any atom is 0.187 e. The number of hydrogen-bond acceptors (Lipinski definition) is 3. The van der Waals surface area contributed by atoms with Crippen molar-refractivity contribution in [3.8, 4) is 0 Å². The Morgan fingerprint density at radius 3 is 2.89 bits per heavy atom. The van der Waals surface area contributed by atoms with E-state index in [-0.39, 0.29) is 12.2 Å². The van der Waals surface area contributed by atoms with Gasteiger partial charge in [0.15, 0.2) is 5.78 Å². The number of nitrogens with zero attached hydrogens (tertiary/aromatic N) is 2. The minimum absolute atomic E-state index is 0.0427. The highest BCUT2D eigenvalue weighted by molar-refractivity contribution is 6.31. The zero-order valence-electron chi connectivity index (χ0n) is 9.84. The summed E-state index contributed by atoms with van der Waals surface area (Å²) in [4.78, 5) is 16.1. The summed E-state index contributed by atoms with van der Waals surface area (Å²) in [6.45, 7) is 1.18. The Labute approximate surface area is 110 Å². The van der Waals surface area contributed by atoms with Crippen LogP contribution in [0.4, 0.5) is 0 Å². The quantitative estimate of drug-likeness (QED) is 0.839. The first-order valence-electron chi connectivity index (χ1n) is 5.69. The number of imidazole rings is 1. The Hall–Kier alpha value is -1.65. The highest BCUT2D eigenvalue weighted by atomic mass is 35.5. The summed E-state index contributed by atoms with van der Waals surface area (Å²) in [5, 5.41) is 0.604. The van der Waals surface area contributed by atoms with Gasteiger partial charge in [-0.1, -0.05) is 29.8 Å². The van der Waals surface area contributed by atoms with E-state index in [4.69, 9.17) is 17.3 Å². The minimum Gasteiger partial charge on any atom is -0.335 e. The van der Waals surface area contributed by atoms with Crippen LogP contribution in [0, 0.1) is 0 Å². The van der Waals surface area contributed by atoms with Crippen molar-refractivity contribution in [1.82, 2.24) is 9.55 Å². The van der Waals surface area contributed by atoms with Crippen LogP contribution in [-0.4, -0.2) is 21.9 Å². The molecular formula is C13H14ClN3O. The minimum atomic E-state index is -0.0427. The van der Waals surface area contributed by atoms with Crippen LogP contribution in [0.2, 0.25) is 5.02 Å². The van der Waals surface area contributed by atoms with Gasteiger partial charge >= 0.3 is 0 Å². The Balaban J connectivity index is 2.10. The van der Waals surface area contributed by atoms with Gasteiger partial charge in [-0.2, -0.15) is 0 Å². The molecule has 0 aliphatic heterocycles. The lowest BCUT2D eigenvalue weighted by atomic mass is 10.1. The van der Waals surface area contributed by atoms with Crippen molar-refractivity contribution in [3.05, 3.63) is 53.1 Å². The first-order valence-corrected chi connectivity index (χ1v) is 6.07. The summed E-state index contributed by atoms with van der Waals surface area (Å²) >= 11 is 6.02. The first-order chi connectivity index (χ1) is 8.70. The second kappa shape index (κ2) is 5.80. The number of carbonyl (C=O) groups excluding carboxylic acids is 1. The smallest absolute Gasteiger partial charge is 0.187 e. The van der Waals surface area contributed by atoms with Gasteiger partial charge in [0.2, 0.25) is 0 Å². The molecule has 0 saturated heterocycles. The van der Waals surface area contributed by atoms with Gasteiger partial charge in [0.25, 0.3) is 0 Å². The molecule has 1 aromatic heterocycles. The summed E-state index contributed by atoms with van der Waals surface area (Å²) in [7, 11) is 0. The molecule has 0 atom stereocenters. The zero-order valence-corrected chi connectivity index (χ0v) is 10.6. The molecule has 5 heteroatoms.